The summed E-state index contributed by atoms with van der Waals surface area (Å²) in [6, 6.07) is 11.2. The van der Waals surface area contributed by atoms with Crippen LogP contribution in [-0.2, 0) is 9.53 Å². The number of amides is 2. The van der Waals surface area contributed by atoms with E-state index in [9.17, 15) is 9.59 Å². The van der Waals surface area contributed by atoms with Crippen LogP contribution in [0.2, 0.25) is 0 Å². The van der Waals surface area contributed by atoms with E-state index in [-0.39, 0.29) is 24.3 Å². The molecule has 1 fully saturated rings. The van der Waals surface area contributed by atoms with Gasteiger partial charge in [-0.1, -0.05) is 29.8 Å². The number of ether oxygens (including phenoxy) is 1. The van der Waals surface area contributed by atoms with Gasteiger partial charge in [0, 0.05) is 0 Å². The van der Waals surface area contributed by atoms with Gasteiger partial charge in [0.25, 0.3) is 5.91 Å². The number of furan rings is 1. The van der Waals surface area contributed by atoms with Crippen molar-refractivity contribution in [1.82, 2.24) is 10.6 Å². The van der Waals surface area contributed by atoms with Gasteiger partial charge in [-0.25, -0.2) is 0 Å². The lowest BCUT2D eigenvalue weighted by Crippen LogP contribution is -3.14. The number of quaternary nitrogens is 1. The summed E-state index contributed by atoms with van der Waals surface area (Å²) in [5.41, 5.74) is 2.23. The molecule has 1 aliphatic heterocycles. The lowest BCUT2D eigenvalue weighted by Gasteiger charge is -2.28. The summed E-state index contributed by atoms with van der Waals surface area (Å²) in [4.78, 5) is 25.7. The van der Waals surface area contributed by atoms with E-state index in [1.54, 1.807) is 12.1 Å². The molecule has 0 bridgehead atoms. The minimum Gasteiger partial charge on any atom is -0.459 e. The molecular weight excluding hydrogens is 346 g/mol. The standard InChI is InChI=1S/C20H25N3O4/c1-15-4-6-16(7-5-15)17(14-23-8-11-26-12-9-23)22-19(24)13-21-20(25)18-3-2-10-27-18/h2-7,10,17H,8-9,11-14H2,1H3,(H,21,25)(H,22,24)/p+1/t17-/m0/s1. The highest BCUT2D eigenvalue weighted by atomic mass is 16.5. The SMILES string of the molecule is Cc1ccc([C@H](C[NH+]2CCOCC2)NC(=O)CNC(=O)c2ccco2)cc1. The van der Waals surface area contributed by atoms with Crippen LogP contribution in [0.3, 0.4) is 0 Å². The summed E-state index contributed by atoms with van der Waals surface area (Å²) in [5, 5.41) is 5.64. The number of nitrogens with one attached hydrogen (secondary N) is 3. The highest BCUT2D eigenvalue weighted by Gasteiger charge is 2.23. The second-order valence-corrected chi connectivity index (χ2v) is 6.76. The number of rotatable bonds is 7. The fourth-order valence-electron chi connectivity index (χ4n) is 3.10. The first-order chi connectivity index (χ1) is 13.1. The molecule has 3 N–H and O–H groups in total. The monoisotopic (exact) mass is 372 g/mol. The van der Waals surface area contributed by atoms with E-state index in [0.29, 0.717) is 0 Å². The number of carbonyl (C=O) groups excluding carboxylic acids is 2. The van der Waals surface area contributed by atoms with Crippen molar-refractivity contribution in [3.05, 3.63) is 59.5 Å². The molecule has 3 rings (SSSR count). The van der Waals surface area contributed by atoms with Gasteiger partial charge in [0.1, 0.15) is 25.7 Å². The zero-order valence-corrected chi connectivity index (χ0v) is 15.5. The highest BCUT2D eigenvalue weighted by Crippen LogP contribution is 2.12. The molecular formula is C20H26N3O4+. The Morgan fingerprint density at radius 3 is 2.56 bits per heavy atom. The predicted molar refractivity (Wildman–Crippen MR) is 99.5 cm³/mol. The van der Waals surface area contributed by atoms with E-state index in [1.807, 2.05) is 31.2 Å². The fourth-order valence-corrected chi connectivity index (χ4v) is 3.10. The fraction of sp³-hybridized carbons (Fsp3) is 0.400. The summed E-state index contributed by atoms with van der Waals surface area (Å²) in [7, 11) is 0. The van der Waals surface area contributed by atoms with E-state index >= 15 is 0 Å². The van der Waals surface area contributed by atoms with Gasteiger partial charge < -0.3 is 24.7 Å². The van der Waals surface area contributed by atoms with Crippen LogP contribution in [0, 0.1) is 6.92 Å². The van der Waals surface area contributed by atoms with Crippen molar-refractivity contribution in [2.45, 2.75) is 13.0 Å². The first kappa shape index (κ1) is 19.1. The average molecular weight is 372 g/mol. The van der Waals surface area contributed by atoms with Crippen LogP contribution in [0.4, 0.5) is 0 Å². The molecule has 1 aromatic carbocycles. The number of hydrogen-bond acceptors (Lipinski definition) is 4. The minimum atomic E-state index is -0.402. The summed E-state index contributed by atoms with van der Waals surface area (Å²) >= 11 is 0. The van der Waals surface area contributed by atoms with Gasteiger partial charge in [0.2, 0.25) is 5.91 Å². The molecule has 1 aliphatic rings. The third-order valence-corrected chi connectivity index (χ3v) is 4.66. The molecule has 1 aromatic heterocycles. The Morgan fingerprint density at radius 2 is 1.89 bits per heavy atom. The van der Waals surface area contributed by atoms with Crippen LogP contribution in [0.5, 0.6) is 0 Å². The van der Waals surface area contributed by atoms with Crippen LogP contribution in [-0.4, -0.2) is 51.2 Å². The van der Waals surface area contributed by atoms with Gasteiger partial charge >= 0.3 is 0 Å². The quantitative estimate of drug-likeness (QED) is 0.643. The van der Waals surface area contributed by atoms with Crippen molar-refractivity contribution < 1.29 is 23.6 Å². The van der Waals surface area contributed by atoms with Crippen LogP contribution in [0.25, 0.3) is 0 Å². The molecule has 0 radical (unpaired) electrons. The Morgan fingerprint density at radius 1 is 1.15 bits per heavy atom. The molecule has 2 amide bonds. The molecule has 0 aliphatic carbocycles. The van der Waals surface area contributed by atoms with Crippen molar-refractivity contribution in [3.63, 3.8) is 0 Å². The Hall–Kier alpha value is -2.64. The normalized spacial score (nSPS) is 15.9. The minimum absolute atomic E-state index is 0.0969. The molecule has 7 nitrogen and oxygen atoms in total. The number of carbonyl (C=O) groups is 2. The molecule has 7 heteroatoms. The molecule has 1 saturated heterocycles. The highest BCUT2D eigenvalue weighted by molar-refractivity contribution is 5.94. The largest absolute Gasteiger partial charge is 0.459 e. The lowest BCUT2D eigenvalue weighted by molar-refractivity contribution is -0.909. The summed E-state index contributed by atoms with van der Waals surface area (Å²) in [5.74, 6) is -0.440. The molecule has 0 unspecified atom stereocenters. The number of aryl methyl sites for hydroxylation is 1. The average Bonchev–Trinajstić information content (AvgIpc) is 3.22. The maximum absolute atomic E-state index is 12.4. The van der Waals surface area contributed by atoms with E-state index in [0.717, 1.165) is 38.4 Å². The maximum Gasteiger partial charge on any atom is 0.287 e. The smallest absolute Gasteiger partial charge is 0.287 e. The molecule has 0 saturated carbocycles. The molecule has 27 heavy (non-hydrogen) atoms. The predicted octanol–water partition coefficient (Wildman–Crippen LogP) is 0.0904. The van der Waals surface area contributed by atoms with Crippen molar-refractivity contribution in [2.24, 2.45) is 0 Å². The Kier molecular flexibility index (Phi) is 6.62. The number of hydrogen-bond donors (Lipinski definition) is 3. The van der Waals surface area contributed by atoms with Crippen molar-refractivity contribution >= 4 is 11.8 Å². The first-order valence-corrected chi connectivity index (χ1v) is 9.21. The topological polar surface area (TPSA) is 85.0 Å². The van der Waals surface area contributed by atoms with Crippen LogP contribution in [0.15, 0.2) is 47.1 Å². The van der Waals surface area contributed by atoms with Crippen LogP contribution >= 0.6 is 0 Å². The van der Waals surface area contributed by atoms with Gasteiger partial charge in [-0.2, -0.15) is 0 Å². The van der Waals surface area contributed by atoms with Gasteiger partial charge in [-0.15, -0.1) is 0 Å². The molecule has 2 aromatic rings. The molecule has 144 valence electrons. The summed E-state index contributed by atoms with van der Waals surface area (Å²) < 4.78 is 10.5. The van der Waals surface area contributed by atoms with E-state index in [1.165, 1.54) is 16.7 Å². The zero-order valence-electron chi connectivity index (χ0n) is 15.5. The van der Waals surface area contributed by atoms with Crippen molar-refractivity contribution in [2.75, 3.05) is 39.4 Å². The second-order valence-electron chi connectivity index (χ2n) is 6.76. The van der Waals surface area contributed by atoms with Crippen LogP contribution < -0.4 is 15.5 Å². The Balaban J connectivity index is 1.60. The van der Waals surface area contributed by atoms with Gasteiger partial charge in [0.15, 0.2) is 5.76 Å². The Labute approximate surface area is 158 Å². The van der Waals surface area contributed by atoms with Gasteiger partial charge in [-0.3, -0.25) is 9.59 Å². The van der Waals surface area contributed by atoms with Crippen molar-refractivity contribution in [3.8, 4) is 0 Å². The second kappa shape index (κ2) is 9.34. The summed E-state index contributed by atoms with van der Waals surface area (Å²) in [6.45, 7) is 6.05. The van der Waals surface area contributed by atoms with Gasteiger partial charge in [0.05, 0.1) is 26.0 Å². The van der Waals surface area contributed by atoms with E-state index in [2.05, 4.69) is 10.6 Å². The van der Waals surface area contributed by atoms with Crippen LogP contribution in [0.1, 0.15) is 27.7 Å². The molecule has 0 spiro atoms. The zero-order chi connectivity index (χ0) is 19.1. The maximum atomic E-state index is 12.4. The first-order valence-electron chi connectivity index (χ1n) is 9.21. The third kappa shape index (κ3) is 5.67. The summed E-state index contributed by atoms with van der Waals surface area (Å²) in [6.07, 6.45) is 1.42. The van der Waals surface area contributed by atoms with Crippen molar-refractivity contribution in [1.29, 1.82) is 0 Å². The lowest BCUT2D eigenvalue weighted by atomic mass is 10.0. The molecule has 2 heterocycles. The van der Waals surface area contributed by atoms with E-state index < -0.39 is 5.91 Å². The van der Waals surface area contributed by atoms with E-state index in [4.69, 9.17) is 9.15 Å². The molecule has 1 atom stereocenters. The third-order valence-electron chi connectivity index (χ3n) is 4.66. The number of benzene rings is 1. The Bertz CT molecular complexity index is 737. The number of morpholine rings is 1. The van der Waals surface area contributed by atoms with Gasteiger partial charge in [-0.05, 0) is 24.6 Å².